The van der Waals surface area contributed by atoms with E-state index in [-0.39, 0.29) is 0 Å². The molecule has 1 aliphatic carbocycles. The highest BCUT2D eigenvalue weighted by Crippen LogP contribution is 2.55. The van der Waals surface area contributed by atoms with E-state index in [1.165, 1.54) is 24.0 Å². The van der Waals surface area contributed by atoms with Crippen molar-refractivity contribution in [3.8, 4) is 0 Å². The maximum atomic E-state index is 5.12. The molecule has 0 radical (unpaired) electrons. The largest absolute Gasteiger partial charge is 0.383 e. The molecule has 106 valence electrons. The summed E-state index contributed by atoms with van der Waals surface area (Å²) in [4.78, 5) is 0. The van der Waals surface area contributed by atoms with Crippen LogP contribution in [-0.2, 0) is 10.2 Å². The molecule has 0 heterocycles. The Kier molecular flexibility index (Phi) is 4.32. The normalized spacial score (nSPS) is 20.0. The molecule has 0 saturated heterocycles. The molecule has 0 atom stereocenters. The number of hydrogen-bond acceptors (Lipinski definition) is 2. The molecule has 2 rings (SSSR count). The highest BCUT2D eigenvalue weighted by molar-refractivity contribution is 5.37. The third-order valence-corrected chi connectivity index (χ3v) is 4.30. The lowest BCUT2D eigenvalue weighted by atomic mass is 9.51. The Hall–Kier alpha value is -0.860. The van der Waals surface area contributed by atoms with E-state index in [1.807, 2.05) is 0 Å². The minimum atomic E-state index is 0.322. The molecule has 1 aliphatic rings. The molecule has 1 saturated carbocycles. The van der Waals surface area contributed by atoms with Crippen LogP contribution in [0.3, 0.4) is 0 Å². The molecular weight excluding hydrogens is 234 g/mol. The third kappa shape index (κ3) is 3.18. The van der Waals surface area contributed by atoms with Gasteiger partial charge in [-0.25, -0.2) is 0 Å². The molecule has 1 aromatic rings. The van der Waals surface area contributed by atoms with Crippen LogP contribution in [0.5, 0.6) is 0 Å². The van der Waals surface area contributed by atoms with Crippen molar-refractivity contribution in [1.82, 2.24) is 5.32 Å². The van der Waals surface area contributed by atoms with Crippen molar-refractivity contribution >= 4 is 0 Å². The first-order valence-corrected chi connectivity index (χ1v) is 7.25. The van der Waals surface area contributed by atoms with Crippen LogP contribution in [0.4, 0.5) is 0 Å². The lowest BCUT2D eigenvalue weighted by molar-refractivity contribution is 0.0543. The summed E-state index contributed by atoms with van der Waals surface area (Å²) in [7, 11) is 1.76. The molecule has 1 N–H and O–H groups in total. The number of hydrogen-bond donors (Lipinski definition) is 1. The molecule has 0 bridgehead atoms. The monoisotopic (exact) mass is 261 g/mol. The van der Waals surface area contributed by atoms with E-state index in [2.05, 4.69) is 50.4 Å². The molecule has 19 heavy (non-hydrogen) atoms. The number of benzene rings is 1. The van der Waals surface area contributed by atoms with Gasteiger partial charge in [0.25, 0.3) is 0 Å². The smallest absolute Gasteiger partial charge is 0.0587 e. The van der Waals surface area contributed by atoms with Crippen LogP contribution in [0.1, 0.15) is 37.8 Å². The van der Waals surface area contributed by atoms with Crippen LogP contribution in [-0.4, -0.2) is 26.8 Å². The Balaban J connectivity index is 2.11. The predicted molar refractivity (Wildman–Crippen MR) is 80.6 cm³/mol. The van der Waals surface area contributed by atoms with E-state index in [4.69, 9.17) is 4.74 Å². The Morgan fingerprint density at radius 3 is 2.47 bits per heavy atom. The summed E-state index contributed by atoms with van der Waals surface area (Å²) in [5, 5.41) is 3.57. The maximum Gasteiger partial charge on any atom is 0.0587 e. The molecule has 1 fully saturated rings. The van der Waals surface area contributed by atoms with Crippen molar-refractivity contribution in [1.29, 1.82) is 0 Å². The summed E-state index contributed by atoms with van der Waals surface area (Å²) in [6.07, 6.45) is 2.54. The lowest BCUT2D eigenvalue weighted by Crippen LogP contribution is -2.53. The van der Waals surface area contributed by atoms with Gasteiger partial charge in [-0.3, -0.25) is 0 Å². The lowest BCUT2D eigenvalue weighted by Gasteiger charge is -2.54. The fourth-order valence-corrected chi connectivity index (χ4v) is 3.86. The number of rotatable bonds is 6. The van der Waals surface area contributed by atoms with Crippen molar-refractivity contribution in [2.24, 2.45) is 5.41 Å². The number of ether oxygens (including phenoxy) is 1. The predicted octanol–water partition coefficient (Wildman–Crippen LogP) is 3.29. The first kappa shape index (κ1) is 14.5. The van der Waals surface area contributed by atoms with Crippen molar-refractivity contribution < 1.29 is 4.74 Å². The quantitative estimate of drug-likeness (QED) is 0.793. The highest BCUT2D eigenvalue weighted by Gasteiger charge is 2.50. The average molecular weight is 261 g/mol. The summed E-state index contributed by atoms with van der Waals surface area (Å²) in [6.45, 7) is 9.76. The van der Waals surface area contributed by atoms with Gasteiger partial charge in [-0.1, -0.05) is 38.1 Å². The fraction of sp³-hybridized carbons (Fsp3) is 0.647. The van der Waals surface area contributed by atoms with Crippen molar-refractivity contribution in [2.45, 2.75) is 39.0 Å². The summed E-state index contributed by atoms with van der Waals surface area (Å²) in [5.74, 6) is 0. The molecule has 2 heteroatoms. The molecule has 0 unspecified atom stereocenters. The number of nitrogens with one attached hydrogen (secondary N) is 1. The zero-order valence-corrected chi connectivity index (χ0v) is 12.8. The first-order chi connectivity index (χ1) is 8.99. The van der Waals surface area contributed by atoms with E-state index in [1.54, 1.807) is 7.11 Å². The van der Waals surface area contributed by atoms with E-state index in [9.17, 15) is 0 Å². The van der Waals surface area contributed by atoms with Gasteiger partial charge in [-0.05, 0) is 36.3 Å². The van der Waals surface area contributed by atoms with E-state index >= 15 is 0 Å². The van der Waals surface area contributed by atoms with Crippen LogP contribution in [0.25, 0.3) is 0 Å². The van der Waals surface area contributed by atoms with E-state index < -0.39 is 0 Å². The zero-order chi connectivity index (χ0) is 13.9. The molecule has 2 nitrogen and oxygen atoms in total. The summed E-state index contributed by atoms with van der Waals surface area (Å²) < 4.78 is 5.12. The van der Waals surface area contributed by atoms with E-state index in [0.717, 1.165) is 19.7 Å². The van der Waals surface area contributed by atoms with Crippen LogP contribution in [0, 0.1) is 12.3 Å². The molecule has 0 spiro atoms. The first-order valence-electron chi connectivity index (χ1n) is 7.25. The number of aryl methyl sites for hydroxylation is 1. The minimum Gasteiger partial charge on any atom is -0.383 e. The summed E-state index contributed by atoms with van der Waals surface area (Å²) in [6, 6.07) is 8.85. The van der Waals surface area contributed by atoms with Crippen LogP contribution < -0.4 is 5.32 Å². The molecule has 0 aromatic heterocycles. The van der Waals surface area contributed by atoms with Crippen molar-refractivity contribution in [3.05, 3.63) is 35.4 Å². The van der Waals surface area contributed by atoms with Gasteiger partial charge in [0.15, 0.2) is 0 Å². The average Bonchev–Trinajstić information content (AvgIpc) is 2.32. The second-order valence-electron chi connectivity index (χ2n) is 6.78. The van der Waals surface area contributed by atoms with Crippen molar-refractivity contribution in [2.75, 3.05) is 26.8 Å². The Morgan fingerprint density at radius 2 is 1.89 bits per heavy atom. The third-order valence-electron chi connectivity index (χ3n) is 4.30. The maximum absolute atomic E-state index is 5.12. The molecule has 0 amide bonds. The highest BCUT2D eigenvalue weighted by atomic mass is 16.5. The Labute approximate surface area is 117 Å². The van der Waals surface area contributed by atoms with Gasteiger partial charge < -0.3 is 10.1 Å². The van der Waals surface area contributed by atoms with Crippen LogP contribution in [0.2, 0.25) is 0 Å². The van der Waals surface area contributed by atoms with Gasteiger partial charge in [-0.15, -0.1) is 0 Å². The Bertz CT molecular complexity index is 417. The second kappa shape index (κ2) is 5.64. The topological polar surface area (TPSA) is 21.3 Å². The zero-order valence-electron chi connectivity index (χ0n) is 12.8. The summed E-state index contributed by atoms with van der Waals surface area (Å²) >= 11 is 0. The molecule has 0 aliphatic heterocycles. The fourth-order valence-electron chi connectivity index (χ4n) is 3.86. The van der Waals surface area contributed by atoms with Gasteiger partial charge in [0, 0.05) is 25.6 Å². The van der Waals surface area contributed by atoms with Crippen molar-refractivity contribution in [3.63, 3.8) is 0 Å². The van der Waals surface area contributed by atoms with Gasteiger partial charge in [0.2, 0.25) is 0 Å². The van der Waals surface area contributed by atoms with Gasteiger partial charge in [0.1, 0.15) is 0 Å². The standard InChI is InChI=1S/C17H27NO/c1-14-7-5-6-8-15(14)17(11-16(2,3)12-17)13-18-9-10-19-4/h5-8,18H,9-13H2,1-4H3. The summed E-state index contributed by atoms with van der Waals surface area (Å²) in [5.41, 5.74) is 3.75. The number of methoxy groups -OCH3 is 1. The van der Waals surface area contributed by atoms with Gasteiger partial charge in [0.05, 0.1) is 6.61 Å². The molecular formula is C17H27NO. The Morgan fingerprint density at radius 1 is 1.21 bits per heavy atom. The second-order valence-corrected chi connectivity index (χ2v) is 6.78. The SMILES string of the molecule is COCCNCC1(c2ccccc2C)CC(C)(C)C1. The van der Waals surface area contributed by atoms with Crippen LogP contribution >= 0.6 is 0 Å². The van der Waals surface area contributed by atoms with Crippen LogP contribution in [0.15, 0.2) is 24.3 Å². The molecule has 1 aromatic carbocycles. The van der Waals surface area contributed by atoms with Gasteiger partial charge >= 0.3 is 0 Å². The minimum absolute atomic E-state index is 0.322. The van der Waals surface area contributed by atoms with E-state index in [0.29, 0.717) is 10.8 Å². The van der Waals surface area contributed by atoms with Gasteiger partial charge in [-0.2, -0.15) is 0 Å².